The van der Waals surface area contributed by atoms with Crippen LogP contribution in [0.5, 0.6) is 0 Å². The lowest BCUT2D eigenvalue weighted by atomic mass is 10.1. The SMILES string of the molecule is C=C/C=C\C(=C)C(=C)/C=C\C=C.CC.CC.I.I. The molecule has 0 bridgehead atoms. The highest BCUT2D eigenvalue weighted by atomic mass is 127. The molecule has 18 heavy (non-hydrogen) atoms. The fourth-order valence-corrected chi connectivity index (χ4v) is 0.582. The first kappa shape index (κ1) is 30.7. The van der Waals surface area contributed by atoms with Crippen molar-refractivity contribution in [2.45, 2.75) is 27.7 Å². The number of hydrogen-bond acceptors (Lipinski definition) is 0. The Kier molecular flexibility index (Phi) is 51.5. The predicted octanol–water partition coefficient (Wildman–Crippen LogP) is 6.87. The number of halogens is 2. The van der Waals surface area contributed by atoms with E-state index in [1.54, 1.807) is 12.2 Å². The number of rotatable bonds is 5. The molecule has 0 nitrogen and oxygen atoms in total. The van der Waals surface area contributed by atoms with Crippen LogP contribution in [-0.2, 0) is 0 Å². The van der Waals surface area contributed by atoms with Crippen molar-refractivity contribution in [3.05, 3.63) is 73.9 Å². The molecule has 0 radical (unpaired) electrons. The van der Waals surface area contributed by atoms with Crippen molar-refractivity contribution in [2.75, 3.05) is 0 Å². The van der Waals surface area contributed by atoms with Crippen LogP contribution in [0.4, 0.5) is 0 Å². The van der Waals surface area contributed by atoms with Gasteiger partial charge >= 0.3 is 0 Å². The molecule has 106 valence electrons. The average molecular weight is 474 g/mol. The van der Waals surface area contributed by atoms with E-state index < -0.39 is 0 Å². The van der Waals surface area contributed by atoms with Crippen LogP contribution in [-0.4, -0.2) is 0 Å². The third kappa shape index (κ3) is 24.9. The van der Waals surface area contributed by atoms with Gasteiger partial charge in [-0.05, 0) is 11.1 Å². The van der Waals surface area contributed by atoms with Gasteiger partial charge in [0.1, 0.15) is 0 Å². The van der Waals surface area contributed by atoms with Crippen molar-refractivity contribution in [1.82, 2.24) is 0 Å². The molecule has 0 fully saturated rings. The quantitative estimate of drug-likeness (QED) is 0.302. The Morgan fingerprint density at radius 1 is 0.667 bits per heavy atom. The molecule has 0 saturated carbocycles. The second kappa shape index (κ2) is 30.2. The molecule has 0 heterocycles. The smallest absolute Gasteiger partial charge is 0.0262 e. The van der Waals surface area contributed by atoms with Gasteiger partial charge in [-0.15, -0.1) is 48.0 Å². The van der Waals surface area contributed by atoms with Crippen molar-refractivity contribution < 1.29 is 0 Å². The zero-order chi connectivity index (χ0) is 13.4. The summed E-state index contributed by atoms with van der Waals surface area (Å²) >= 11 is 0. The Bertz CT molecular complexity index is 230. The first-order valence-electron chi connectivity index (χ1n) is 5.68. The van der Waals surface area contributed by atoms with E-state index >= 15 is 0 Å². The molecule has 0 aliphatic carbocycles. The summed E-state index contributed by atoms with van der Waals surface area (Å²) in [5, 5.41) is 0. The van der Waals surface area contributed by atoms with Gasteiger partial charge in [0, 0.05) is 0 Å². The second-order valence-corrected chi connectivity index (χ2v) is 2.24. The maximum Gasteiger partial charge on any atom is -0.0262 e. The zero-order valence-corrected chi connectivity index (χ0v) is 16.8. The maximum absolute atomic E-state index is 3.83. The minimum Gasteiger partial charge on any atom is -0.107 e. The molecule has 0 atom stereocenters. The Hall–Kier alpha value is -0.1000. The van der Waals surface area contributed by atoms with Gasteiger partial charge in [0.15, 0.2) is 0 Å². The lowest BCUT2D eigenvalue weighted by Crippen LogP contribution is -1.76. The van der Waals surface area contributed by atoms with Gasteiger partial charge in [-0.25, -0.2) is 0 Å². The highest BCUT2D eigenvalue weighted by molar-refractivity contribution is 14.0. The van der Waals surface area contributed by atoms with E-state index in [1.165, 1.54) is 0 Å². The minimum atomic E-state index is 0. The van der Waals surface area contributed by atoms with E-state index in [0.717, 1.165) is 11.1 Å². The van der Waals surface area contributed by atoms with Crippen molar-refractivity contribution >= 4 is 48.0 Å². The second-order valence-electron chi connectivity index (χ2n) is 2.24. The third-order valence-electron chi connectivity index (χ3n) is 1.28. The fraction of sp³-hybridized carbons (Fsp3) is 0.250. The molecular weight excluding hydrogens is 446 g/mol. The number of allylic oxidation sites excluding steroid dienone is 8. The van der Waals surface area contributed by atoms with Gasteiger partial charge in [-0.3, -0.25) is 0 Å². The van der Waals surface area contributed by atoms with E-state index in [0.29, 0.717) is 0 Å². The Morgan fingerprint density at radius 3 is 1.06 bits per heavy atom. The summed E-state index contributed by atoms with van der Waals surface area (Å²) in [6.45, 7) is 22.8. The van der Waals surface area contributed by atoms with E-state index in [4.69, 9.17) is 0 Å². The molecule has 0 aromatic heterocycles. The summed E-state index contributed by atoms with van der Waals surface area (Å²) in [5.74, 6) is 0. The summed E-state index contributed by atoms with van der Waals surface area (Å²) in [4.78, 5) is 0. The summed E-state index contributed by atoms with van der Waals surface area (Å²) in [5.41, 5.74) is 1.76. The lowest BCUT2D eigenvalue weighted by molar-refractivity contribution is 1.50. The van der Waals surface area contributed by atoms with Crippen LogP contribution in [0.25, 0.3) is 0 Å². The minimum absolute atomic E-state index is 0. The van der Waals surface area contributed by atoms with Gasteiger partial charge in [0.25, 0.3) is 0 Å². The molecule has 0 N–H and O–H groups in total. The highest BCUT2D eigenvalue weighted by Crippen LogP contribution is 2.07. The molecule has 2 heteroatoms. The standard InChI is InChI=1S/C12H14.2C2H6.2HI/c1-5-7-9-11(3)12(4)10-8-6-2;2*1-2;;/h5-10H,1-4H2;2*1-2H3;2*1H/b9-7-,10-8-;;;;. The van der Waals surface area contributed by atoms with E-state index in [1.807, 2.05) is 52.0 Å². The van der Waals surface area contributed by atoms with Gasteiger partial charge < -0.3 is 0 Å². The van der Waals surface area contributed by atoms with Crippen LogP contribution < -0.4 is 0 Å². The van der Waals surface area contributed by atoms with E-state index in [-0.39, 0.29) is 48.0 Å². The van der Waals surface area contributed by atoms with E-state index in [2.05, 4.69) is 26.3 Å². The van der Waals surface area contributed by atoms with Crippen LogP contribution >= 0.6 is 48.0 Å². The monoisotopic (exact) mass is 474 g/mol. The Labute approximate surface area is 148 Å². The molecule has 0 aromatic carbocycles. The molecular formula is C16H28I2. The predicted molar refractivity (Wildman–Crippen MR) is 110 cm³/mol. The largest absolute Gasteiger partial charge is 0.107 e. The number of hydrogen-bond donors (Lipinski definition) is 0. The Morgan fingerprint density at radius 2 is 0.889 bits per heavy atom. The van der Waals surface area contributed by atoms with Crippen LogP contribution in [0.1, 0.15) is 27.7 Å². The van der Waals surface area contributed by atoms with Crippen molar-refractivity contribution in [2.24, 2.45) is 0 Å². The normalized spacial score (nSPS) is 7.56. The highest BCUT2D eigenvalue weighted by Gasteiger charge is 1.88. The first-order valence-corrected chi connectivity index (χ1v) is 5.68. The Balaban J connectivity index is -0.0000000849. The molecule has 0 aromatic rings. The molecule has 0 amide bonds. The molecule has 0 aliphatic rings. The van der Waals surface area contributed by atoms with Crippen LogP contribution in [0.2, 0.25) is 0 Å². The summed E-state index contributed by atoms with van der Waals surface area (Å²) in [6.07, 6.45) is 10.8. The molecule has 0 unspecified atom stereocenters. The maximum atomic E-state index is 3.83. The molecule has 0 saturated heterocycles. The van der Waals surface area contributed by atoms with Crippen LogP contribution in [0, 0.1) is 0 Å². The lowest BCUT2D eigenvalue weighted by Gasteiger charge is -1.96. The average Bonchev–Trinajstić information content (AvgIpc) is 2.37. The summed E-state index contributed by atoms with van der Waals surface area (Å²) < 4.78 is 0. The first-order chi connectivity index (χ1) is 7.72. The molecule has 0 spiro atoms. The van der Waals surface area contributed by atoms with Crippen LogP contribution in [0.3, 0.4) is 0 Å². The van der Waals surface area contributed by atoms with Gasteiger partial charge in [0.05, 0.1) is 0 Å². The molecule has 0 aliphatic heterocycles. The third-order valence-corrected chi connectivity index (χ3v) is 1.28. The van der Waals surface area contributed by atoms with Gasteiger partial charge in [-0.2, -0.15) is 0 Å². The van der Waals surface area contributed by atoms with Gasteiger partial charge in [0.2, 0.25) is 0 Å². The van der Waals surface area contributed by atoms with Crippen molar-refractivity contribution in [1.29, 1.82) is 0 Å². The summed E-state index contributed by atoms with van der Waals surface area (Å²) in [7, 11) is 0. The summed E-state index contributed by atoms with van der Waals surface area (Å²) in [6, 6.07) is 0. The van der Waals surface area contributed by atoms with Crippen molar-refractivity contribution in [3.63, 3.8) is 0 Å². The topological polar surface area (TPSA) is 0 Å². The van der Waals surface area contributed by atoms with Crippen molar-refractivity contribution in [3.8, 4) is 0 Å². The zero-order valence-electron chi connectivity index (χ0n) is 12.1. The van der Waals surface area contributed by atoms with E-state index in [9.17, 15) is 0 Å². The van der Waals surface area contributed by atoms with Gasteiger partial charge in [-0.1, -0.05) is 90.5 Å². The van der Waals surface area contributed by atoms with Crippen LogP contribution in [0.15, 0.2) is 73.9 Å². The fourth-order valence-electron chi connectivity index (χ4n) is 0.582. The molecule has 0 rings (SSSR count).